The van der Waals surface area contributed by atoms with Gasteiger partial charge in [-0.25, -0.2) is 24.0 Å². The number of amides is 1. The molecule has 5 rings (SSSR count). The Morgan fingerprint density at radius 2 is 1.12 bits per heavy atom. The maximum atomic E-state index is 12.5. The van der Waals surface area contributed by atoms with Crippen molar-refractivity contribution < 1.29 is 43.0 Å². The van der Waals surface area contributed by atoms with Gasteiger partial charge in [-0.1, -0.05) is 0 Å². The van der Waals surface area contributed by atoms with E-state index in [1.165, 1.54) is 60.7 Å². The molecule has 2 aliphatic rings. The Kier molecular flexibility index (Phi) is 4.75. The summed E-state index contributed by atoms with van der Waals surface area (Å²) in [7, 11) is 0. The number of cyclic esters (lactones) is 4. The maximum absolute atomic E-state index is 12.5. The van der Waals surface area contributed by atoms with E-state index in [-0.39, 0.29) is 39.1 Å². The highest BCUT2D eigenvalue weighted by atomic mass is 16.6. The number of hydrogen-bond donors (Lipinski definition) is 1. The van der Waals surface area contributed by atoms with Gasteiger partial charge in [-0.3, -0.25) is 4.79 Å². The molecule has 3 aromatic rings. The van der Waals surface area contributed by atoms with Gasteiger partial charge in [0, 0.05) is 11.3 Å². The molecule has 0 unspecified atom stereocenters. The van der Waals surface area contributed by atoms with Gasteiger partial charge in [0.05, 0.1) is 27.8 Å². The second-order valence-electron chi connectivity index (χ2n) is 7.24. The summed E-state index contributed by atoms with van der Waals surface area (Å²) in [4.78, 5) is 71.2. The number of hydrogen-bond acceptors (Lipinski definition) is 9. The first kappa shape index (κ1) is 20.8. The average molecular weight is 457 g/mol. The molecule has 0 radical (unpaired) electrons. The van der Waals surface area contributed by atoms with E-state index in [1.54, 1.807) is 0 Å². The van der Waals surface area contributed by atoms with Crippen LogP contribution >= 0.6 is 0 Å². The largest absolute Gasteiger partial charge is 0.423 e. The molecular formula is C24H11NO9. The Hall–Kier alpha value is -5.12. The van der Waals surface area contributed by atoms with E-state index in [2.05, 4.69) is 14.8 Å². The summed E-state index contributed by atoms with van der Waals surface area (Å²) in [5, 5.41) is 2.63. The Labute approximate surface area is 190 Å². The van der Waals surface area contributed by atoms with Crippen LogP contribution in [-0.4, -0.2) is 35.8 Å². The van der Waals surface area contributed by atoms with E-state index in [4.69, 9.17) is 4.74 Å². The molecule has 1 amide bonds. The van der Waals surface area contributed by atoms with Gasteiger partial charge in [-0.05, 0) is 60.7 Å². The van der Waals surface area contributed by atoms with E-state index in [1.807, 2.05) is 0 Å². The van der Waals surface area contributed by atoms with Gasteiger partial charge in [0.15, 0.2) is 0 Å². The first-order chi connectivity index (χ1) is 16.3. The molecule has 0 aliphatic carbocycles. The lowest BCUT2D eigenvalue weighted by molar-refractivity contribution is 0.0425. The second kappa shape index (κ2) is 7.78. The van der Waals surface area contributed by atoms with Crippen LogP contribution < -0.4 is 10.1 Å². The maximum Gasteiger partial charge on any atom is 0.346 e. The minimum absolute atomic E-state index is 0.0123. The summed E-state index contributed by atoms with van der Waals surface area (Å²) in [6.45, 7) is 0. The highest BCUT2D eigenvalue weighted by Gasteiger charge is 2.31. The molecule has 0 saturated carbocycles. The van der Waals surface area contributed by atoms with Gasteiger partial charge in [0.1, 0.15) is 5.75 Å². The number of rotatable bonds is 4. The van der Waals surface area contributed by atoms with Gasteiger partial charge in [-0.2, -0.15) is 0 Å². The zero-order valence-corrected chi connectivity index (χ0v) is 16.9. The third-order valence-electron chi connectivity index (χ3n) is 5.11. The van der Waals surface area contributed by atoms with Crippen LogP contribution in [0.2, 0.25) is 0 Å². The molecule has 0 bridgehead atoms. The van der Waals surface area contributed by atoms with Gasteiger partial charge in [0.25, 0.3) is 5.91 Å². The van der Waals surface area contributed by atoms with Crippen LogP contribution in [0.15, 0.2) is 60.7 Å². The van der Waals surface area contributed by atoms with Gasteiger partial charge in [-0.15, -0.1) is 0 Å². The number of esters is 5. The van der Waals surface area contributed by atoms with Gasteiger partial charge < -0.3 is 19.5 Å². The molecular weight excluding hydrogens is 446 g/mol. The first-order valence-corrected chi connectivity index (χ1v) is 9.75. The second-order valence-corrected chi connectivity index (χ2v) is 7.24. The molecule has 0 fully saturated rings. The van der Waals surface area contributed by atoms with Crippen molar-refractivity contribution in [3.63, 3.8) is 0 Å². The summed E-state index contributed by atoms with van der Waals surface area (Å²) < 4.78 is 14.3. The SMILES string of the molecule is O=C(Nc1ccc(OC(=O)c2ccc3c(c2)C(=O)OC3=O)cc1)c1ccc2c(c1)C(=O)OC2=O. The summed E-state index contributed by atoms with van der Waals surface area (Å²) >= 11 is 0. The number of fused-ring (bicyclic) bond motifs is 2. The third-order valence-corrected chi connectivity index (χ3v) is 5.11. The number of nitrogens with one attached hydrogen (secondary N) is 1. The van der Waals surface area contributed by atoms with Crippen molar-refractivity contribution in [2.75, 3.05) is 5.32 Å². The number of carbonyl (C=O) groups is 6. The van der Waals surface area contributed by atoms with Crippen molar-refractivity contribution in [3.8, 4) is 5.75 Å². The topological polar surface area (TPSA) is 142 Å². The lowest BCUT2D eigenvalue weighted by atomic mass is 10.1. The zero-order chi connectivity index (χ0) is 24.0. The lowest BCUT2D eigenvalue weighted by Crippen LogP contribution is -2.13. The molecule has 0 saturated heterocycles. The monoisotopic (exact) mass is 457 g/mol. The molecule has 166 valence electrons. The molecule has 3 aromatic carbocycles. The minimum atomic E-state index is -0.832. The summed E-state index contributed by atoms with van der Waals surface area (Å²) in [6, 6.07) is 13.7. The van der Waals surface area contributed by atoms with Crippen LogP contribution in [0.4, 0.5) is 5.69 Å². The summed E-state index contributed by atoms with van der Waals surface area (Å²) in [5.74, 6) is -4.29. The fourth-order valence-electron chi connectivity index (χ4n) is 3.41. The quantitative estimate of drug-likeness (QED) is 0.355. The number of ether oxygens (including phenoxy) is 3. The van der Waals surface area contributed by atoms with E-state index >= 15 is 0 Å². The predicted molar refractivity (Wildman–Crippen MR) is 112 cm³/mol. The predicted octanol–water partition coefficient (Wildman–Crippen LogP) is 2.78. The van der Waals surface area contributed by atoms with Crippen LogP contribution in [0, 0.1) is 0 Å². The van der Waals surface area contributed by atoms with E-state index < -0.39 is 35.8 Å². The van der Waals surface area contributed by atoms with Crippen LogP contribution in [0.5, 0.6) is 5.75 Å². The van der Waals surface area contributed by atoms with Crippen LogP contribution in [-0.2, 0) is 9.47 Å². The zero-order valence-electron chi connectivity index (χ0n) is 16.9. The molecule has 10 nitrogen and oxygen atoms in total. The van der Waals surface area contributed by atoms with Crippen LogP contribution in [0.1, 0.15) is 62.1 Å². The van der Waals surface area contributed by atoms with E-state index in [0.717, 1.165) is 0 Å². The van der Waals surface area contributed by atoms with Crippen molar-refractivity contribution in [1.29, 1.82) is 0 Å². The highest BCUT2D eigenvalue weighted by Crippen LogP contribution is 2.24. The number of benzene rings is 3. The Morgan fingerprint density at radius 1 is 0.618 bits per heavy atom. The number of anilines is 1. The molecule has 0 atom stereocenters. The van der Waals surface area contributed by atoms with Crippen molar-refractivity contribution in [1.82, 2.24) is 0 Å². The standard InChI is InChI=1S/C24H11NO9/c26-19(11-1-7-15-17(9-11)23(30)33-21(15)28)25-13-3-5-14(6-4-13)32-20(27)12-2-8-16-18(10-12)24(31)34-22(16)29/h1-10H,(H,25,26). The average Bonchev–Trinajstić information content (AvgIpc) is 3.28. The number of carbonyl (C=O) groups excluding carboxylic acids is 6. The molecule has 0 spiro atoms. The Balaban J connectivity index is 1.26. The Bertz CT molecular complexity index is 1340. The van der Waals surface area contributed by atoms with Crippen LogP contribution in [0.25, 0.3) is 0 Å². The van der Waals surface area contributed by atoms with E-state index in [0.29, 0.717) is 5.69 Å². The molecule has 10 heteroatoms. The molecule has 2 aliphatic heterocycles. The third kappa shape index (κ3) is 3.58. The first-order valence-electron chi connectivity index (χ1n) is 9.75. The normalized spacial score (nSPS) is 13.6. The Morgan fingerprint density at radius 3 is 1.71 bits per heavy atom. The van der Waals surface area contributed by atoms with Crippen molar-refractivity contribution in [2.45, 2.75) is 0 Å². The van der Waals surface area contributed by atoms with Crippen LogP contribution in [0.3, 0.4) is 0 Å². The van der Waals surface area contributed by atoms with Gasteiger partial charge >= 0.3 is 29.8 Å². The summed E-state index contributed by atoms with van der Waals surface area (Å²) in [5.41, 5.74) is 0.757. The molecule has 1 N–H and O–H groups in total. The van der Waals surface area contributed by atoms with Crippen molar-refractivity contribution in [2.24, 2.45) is 0 Å². The lowest BCUT2D eigenvalue weighted by Gasteiger charge is -2.08. The smallest absolute Gasteiger partial charge is 0.346 e. The fraction of sp³-hybridized carbons (Fsp3) is 0. The minimum Gasteiger partial charge on any atom is -0.423 e. The molecule has 2 heterocycles. The fourth-order valence-corrected chi connectivity index (χ4v) is 3.41. The molecule has 0 aromatic heterocycles. The summed E-state index contributed by atoms with van der Waals surface area (Å²) in [6.07, 6.45) is 0. The van der Waals surface area contributed by atoms with Crippen molar-refractivity contribution >= 4 is 41.4 Å². The van der Waals surface area contributed by atoms with Gasteiger partial charge in [0.2, 0.25) is 0 Å². The molecule has 34 heavy (non-hydrogen) atoms. The highest BCUT2D eigenvalue weighted by molar-refractivity contribution is 6.17. The van der Waals surface area contributed by atoms with E-state index in [9.17, 15) is 28.8 Å². The van der Waals surface area contributed by atoms with Crippen molar-refractivity contribution in [3.05, 3.63) is 94.0 Å².